The van der Waals surface area contributed by atoms with Crippen LogP contribution in [0.15, 0.2) is 0 Å². The molecule has 2 atom stereocenters. The molecule has 0 heterocycles. The largest absolute Gasteiger partial charge is 0.468 e. The maximum absolute atomic E-state index is 11.1. The number of methoxy groups -OCH3 is 1. The number of halogens is 1. The van der Waals surface area contributed by atoms with E-state index in [-0.39, 0.29) is 10.8 Å². The van der Waals surface area contributed by atoms with Crippen LogP contribution in [0.3, 0.4) is 0 Å². The van der Waals surface area contributed by atoms with Crippen LogP contribution in [0.4, 0.5) is 0 Å². The van der Waals surface area contributed by atoms with Gasteiger partial charge in [0.2, 0.25) is 0 Å². The molecule has 0 aliphatic carbocycles. The number of hydrogen-bond acceptors (Lipinski definition) is 3. The van der Waals surface area contributed by atoms with Crippen molar-refractivity contribution in [2.45, 2.75) is 25.1 Å². The van der Waals surface area contributed by atoms with Gasteiger partial charge < -0.3 is 9.64 Å². The molecule has 0 radical (unpaired) electrons. The Morgan fingerprint density at radius 3 is 2.50 bits per heavy atom. The van der Waals surface area contributed by atoms with Crippen LogP contribution in [0, 0.1) is 5.92 Å². The molecule has 0 saturated carbocycles. The first-order chi connectivity index (χ1) is 6.51. The first-order valence-corrected chi connectivity index (χ1v) is 5.83. The van der Waals surface area contributed by atoms with E-state index in [0.29, 0.717) is 12.5 Å². The maximum Gasteiger partial charge on any atom is 0.320 e. The lowest BCUT2D eigenvalue weighted by molar-refractivity contribution is -0.140. The van der Waals surface area contributed by atoms with Crippen molar-refractivity contribution in [2.75, 3.05) is 27.2 Å². The zero-order valence-electron chi connectivity index (χ0n) is 9.42. The van der Waals surface area contributed by atoms with Gasteiger partial charge in [-0.3, -0.25) is 4.79 Å². The van der Waals surface area contributed by atoms with E-state index in [1.807, 2.05) is 7.05 Å². The van der Waals surface area contributed by atoms with E-state index >= 15 is 0 Å². The zero-order chi connectivity index (χ0) is 11.1. The number of carbonyl (C=O) groups excluding carboxylic acids is 1. The minimum absolute atomic E-state index is 0.207. The summed E-state index contributed by atoms with van der Waals surface area (Å²) in [6.07, 6.45) is 1.16. The van der Waals surface area contributed by atoms with E-state index in [9.17, 15) is 4.79 Å². The first-order valence-electron chi connectivity index (χ1n) is 4.91. The Morgan fingerprint density at radius 2 is 2.07 bits per heavy atom. The van der Waals surface area contributed by atoms with E-state index in [2.05, 4.69) is 39.4 Å². The van der Waals surface area contributed by atoms with Crippen molar-refractivity contribution in [1.82, 2.24) is 4.90 Å². The smallest absolute Gasteiger partial charge is 0.320 e. The molecule has 3 nitrogen and oxygen atoms in total. The van der Waals surface area contributed by atoms with Crippen LogP contribution in [0.25, 0.3) is 0 Å². The summed E-state index contributed by atoms with van der Waals surface area (Å²) in [4.78, 5) is 13.0. The normalized spacial score (nSPS) is 15.3. The molecule has 0 aliphatic heterocycles. The predicted octanol–water partition coefficient (Wildman–Crippen LogP) is 1.90. The Kier molecular flexibility index (Phi) is 7.19. The number of esters is 1. The quantitative estimate of drug-likeness (QED) is 0.543. The van der Waals surface area contributed by atoms with Gasteiger partial charge in [-0.05, 0) is 13.0 Å². The molecule has 0 aromatic heterocycles. The van der Waals surface area contributed by atoms with Crippen LogP contribution in [0.1, 0.15) is 20.3 Å². The van der Waals surface area contributed by atoms with Crippen molar-refractivity contribution < 1.29 is 9.53 Å². The summed E-state index contributed by atoms with van der Waals surface area (Å²) in [5.74, 6) is 0.457. The molecule has 0 rings (SSSR count). The second-order valence-electron chi connectivity index (χ2n) is 3.73. The van der Waals surface area contributed by atoms with Crippen molar-refractivity contribution in [1.29, 1.82) is 0 Å². The van der Waals surface area contributed by atoms with Gasteiger partial charge in [-0.25, -0.2) is 0 Å². The highest BCUT2D eigenvalue weighted by Crippen LogP contribution is 2.07. The molecule has 0 bridgehead atoms. The summed E-state index contributed by atoms with van der Waals surface area (Å²) in [6, 6.07) is 0. The number of rotatable bonds is 6. The summed E-state index contributed by atoms with van der Waals surface area (Å²) in [5, 5.41) is 0. The molecule has 0 aromatic rings. The topological polar surface area (TPSA) is 29.5 Å². The van der Waals surface area contributed by atoms with Gasteiger partial charge in [0.05, 0.1) is 7.11 Å². The lowest BCUT2D eigenvalue weighted by Crippen LogP contribution is -2.34. The van der Waals surface area contributed by atoms with Crippen molar-refractivity contribution >= 4 is 21.9 Å². The van der Waals surface area contributed by atoms with Gasteiger partial charge in [0.1, 0.15) is 4.83 Å². The molecule has 14 heavy (non-hydrogen) atoms. The van der Waals surface area contributed by atoms with Crippen molar-refractivity contribution in [3.63, 3.8) is 0 Å². The average Bonchev–Trinajstić information content (AvgIpc) is 2.15. The second-order valence-corrected chi connectivity index (χ2v) is 4.83. The first kappa shape index (κ1) is 13.9. The molecule has 0 N–H and O–H groups in total. The van der Waals surface area contributed by atoms with Crippen molar-refractivity contribution in [3.05, 3.63) is 0 Å². The molecule has 0 aromatic carbocycles. The zero-order valence-corrected chi connectivity index (χ0v) is 11.0. The van der Waals surface area contributed by atoms with Crippen LogP contribution < -0.4 is 0 Å². The van der Waals surface area contributed by atoms with Crippen molar-refractivity contribution in [2.24, 2.45) is 5.92 Å². The number of nitrogens with zero attached hydrogens (tertiary/aromatic N) is 1. The van der Waals surface area contributed by atoms with Crippen LogP contribution in [-0.4, -0.2) is 42.9 Å². The summed E-state index contributed by atoms with van der Waals surface area (Å²) < 4.78 is 4.63. The number of hydrogen-bond donors (Lipinski definition) is 0. The minimum atomic E-state index is -0.221. The summed E-state index contributed by atoms with van der Waals surface area (Å²) in [7, 11) is 3.43. The Hall–Kier alpha value is -0.0900. The van der Waals surface area contributed by atoms with E-state index in [1.54, 1.807) is 0 Å². The Bertz CT molecular complexity index is 176. The Labute approximate surface area is 94.9 Å². The summed E-state index contributed by atoms with van der Waals surface area (Å²) in [6.45, 7) is 6.08. The molecule has 2 unspecified atom stereocenters. The van der Waals surface area contributed by atoms with Crippen LogP contribution in [-0.2, 0) is 9.53 Å². The van der Waals surface area contributed by atoms with E-state index in [1.165, 1.54) is 7.11 Å². The van der Waals surface area contributed by atoms with Gasteiger partial charge in [-0.2, -0.15) is 0 Å². The number of carbonyl (C=O) groups is 1. The monoisotopic (exact) mass is 265 g/mol. The SMILES string of the molecule is CCC(C)CN(C)CC(Br)C(=O)OC. The third kappa shape index (κ3) is 5.60. The molecular weight excluding hydrogens is 246 g/mol. The molecule has 0 spiro atoms. The molecule has 4 heteroatoms. The lowest BCUT2D eigenvalue weighted by Gasteiger charge is -2.21. The fraction of sp³-hybridized carbons (Fsp3) is 0.900. The highest BCUT2D eigenvalue weighted by molar-refractivity contribution is 9.10. The van der Waals surface area contributed by atoms with Gasteiger partial charge in [0, 0.05) is 13.1 Å². The van der Waals surface area contributed by atoms with E-state index in [4.69, 9.17) is 0 Å². The minimum Gasteiger partial charge on any atom is -0.468 e. The Balaban J connectivity index is 3.81. The molecular formula is C10H20BrNO2. The van der Waals surface area contributed by atoms with Crippen LogP contribution >= 0.6 is 15.9 Å². The van der Waals surface area contributed by atoms with Crippen LogP contribution in [0.2, 0.25) is 0 Å². The standard InChI is InChI=1S/C10H20BrNO2/c1-5-8(2)6-12(3)7-9(11)10(13)14-4/h8-9H,5-7H2,1-4H3. The third-order valence-electron chi connectivity index (χ3n) is 2.25. The summed E-state index contributed by atoms with van der Waals surface area (Å²) in [5.41, 5.74) is 0. The van der Waals surface area contributed by atoms with Gasteiger partial charge in [0.15, 0.2) is 0 Å². The number of ether oxygens (including phenoxy) is 1. The molecule has 0 amide bonds. The fourth-order valence-electron chi connectivity index (χ4n) is 1.21. The van der Waals surface area contributed by atoms with Gasteiger partial charge in [-0.1, -0.05) is 36.2 Å². The van der Waals surface area contributed by atoms with Crippen LogP contribution in [0.5, 0.6) is 0 Å². The molecule has 0 fully saturated rings. The second kappa shape index (κ2) is 7.23. The Morgan fingerprint density at radius 1 is 1.50 bits per heavy atom. The maximum atomic E-state index is 11.1. The highest BCUT2D eigenvalue weighted by Gasteiger charge is 2.17. The molecule has 0 saturated heterocycles. The fourth-order valence-corrected chi connectivity index (χ4v) is 1.89. The predicted molar refractivity (Wildman–Crippen MR) is 61.7 cm³/mol. The summed E-state index contributed by atoms with van der Waals surface area (Å²) >= 11 is 3.30. The number of alkyl halides is 1. The van der Waals surface area contributed by atoms with E-state index < -0.39 is 0 Å². The molecule has 0 aliphatic rings. The van der Waals surface area contributed by atoms with Gasteiger partial charge in [-0.15, -0.1) is 0 Å². The average molecular weight is 266 g/mol. The lowest BCUT2D eigenvalue weighted by atomic mass is 10.1. The van der Waals surface area contributed by atoms with Gasteiger partial charge >= 0.3 is 5.97 Å². The molecule has 84 valence electrons. The van der Waals surface area contributed by atoms with Crippen molar-refractivity contribution in [3.8, 4) is 0 Å². The van der Waals surface area contributed by atoms with E-state index in [0.717, 1.165) is 13.0 Å². The van der Waals surface area contributed by atoms with Gasteiger partial charge in [0.25, 0.3) is 0 Å². The highest BCUT2D eigenvalue weighted by atomic mass is 79.9. The third-order valence-corrected chi connectivity index (χ3v) is 2.91.